The van der Waals surface area contributed by atoms with E-state index in [4.69, 9.17) is 6.42 Å². The van der Waals surface area contributed by atoms with Gasteiger partial charge < -0.3 is 10.0 Å². The van der Waals surface area contributed by atoms with E-state index in [1.807, 2.05) is 13.8 Å². The van der Waals surface area contributed by atoms with Gasteiger partial charge in [-0.05, 0) is 39.0 Å². The molecule has 1 rings (SSSR count). The molecule has 90 valence electrons. The third-order valence-electron chi connectivity index (χ3n) is 3.51. The van der Waals surface area contributed by atoms with Crippen LogP contribution in [0.4, 0.5) is 4.79 Å². The summed E-state index contributed by atoms with van der Waals surface area (Å²) in [6, 6.07) is 0. The van der Waals surface area contributed by atoms with Crippen LogP contribution in [0.25, 0.3) is 0 Å². The van der Waals surface area contributed by atoms with Gasteiger partial charge in [0.15, 0.2) is 0 Å². The number of carboxylic acid groups (broad SMARTS) is 1. The van der Waals surface area contributed by atoms with E-state index in [2.05, 4.69) is 5.92 Å². The summed E-state index contributed by atoms with van der Waals surface area (Å²) in [5.41, 5.74) is -0.353. The molecule has 0 aromatic carbocycles. The summed E-state index contributed by atoms with van der Waals surface area (Å²) in [5, 5.41) is 9.25. The highest BCUT2D eigenvalue weighted by atomic mass is 16.4. The lowest BCUT2D eigenvalue weighted by atomic mass is 9.83. The van der Waals surface area contributed by atoms with Crippen molar-refractivity contribution in [2.45, 2.75) is 51.5 Å². The minimum Gasteiger partial charge on any atom is -0.465 e. The van der Waals surface area contributed by atoms with Crippen LogP contribution in [0.3, 0.4) is 0 Å². The monoisotopic (exact) mass is 223 g/mol. The molecule has 1 aliphatic carbocycles. The second-order valence-electron chi connectivity index (χ2n) is 5.21. The molecule has 0 aliphatic heterocycles. The third-order valence-corrected chi connectivity index (χ3v) is 3.51. The lowest BCUT2D eigenvalue weighted by Gasteiger charge is -2.40. The molecule has 1 amide bonds. The fourth-order valence-corrected chi connectivity index (χ4v) is 2.03. The van der Waals surface area contributed by atoms with E-state index in [1.54, 1.807) is 4.90 Å². The molecule has 0 aromatic heterocycles. The summed E-state index contributed by atoms with van der Waals surface area (Å²) in [6.07, 6.45) is 9.32. The molecule has 3 heteroatoms. The van der Waals surface area contributed by atoms with E-state index in [0.29, 0.717) is 18.9 Å². The predicted octanol–water partition coefficient (Wildman–Crippen LogP) is 2.96. The fraction of sp³-hybridized carbons (Fsp3) is 0.769. The summed E-state index contributed by atoms with van der Waals surface area (Å²) < 4.78 is 0. The summed E-state index contributed by atoms with van der Waals surface area (Å²) in [4.78, 5) is 12.8. The highest BCUT2D eigenvalue weighted by Gasteiger charge is 2.33. The Morgan fingerprint density at radius 1 is 1.56 bits per heavy atom. The Kier molecular flexibility index (Phi) is 4.23. The second-order valence-corrected chi connectivity index (χ2v) is 5.21. The van der Waals surface area contributed by atoms with E-state index in [0.717, 1.165) is 19.3 Å². The molecule has 3 nitrogen and oxygen atoms in total. The zero-order valence-corrected chi connectivity index (χ0v) is 10.2. The van der Waals surface area contributed by atoms with Crippen LogP contribution in [0.2, 0.25) is 0 Å². The average Bonchev–Trinajstić information content (AvgIpc) is 2.11. The molecule has 0 bridgehead atoms. The van der Waals surface area contributed by atoms with Crippen LogP contribution in [-0.4, -0.2) is 28.2 Å². The van der Waals surface area contributed by atoms with Gasteiger partial charge in [-0.1, -0.05) is 6.42 Å². The largest absolute Gasteiger partial charge is 0.465 e. The van der Waals surface area contributed by atoms with E-state index in [-0.39, 0.29) is 5.54 Å². The van der Waals surface area contributed by atoms with Gasteiger partial charge in [0.2, 0.25) is 0 Å². The van der Waals surface area contributed by atoms with Crippen molar-refractivity contribution in [2.75, 3.05) is 6.54 Å². The summed E-state index contributed by atoms with van der Waals surface area (Å²) in [6.45, 7) is 4.57. The molecule has 0 unspecified atom stereocenters. The summed E-state index contributed by atoms with van der Waals surface area (Å²) >= 11 is 0. The minimum absolute atomic E-state index is 0.353. The molecule has 1 fully saturated rings. The fourth-order valence-electron chi connectivity index (χ4n) is 2.03. The first-order valence-corrected chi connectivity index (χ1v) is 5.91. The van der Waals surface area contributed by atoms with Crippen LogP contribution in [0.15, 0.2) is 0 Å². The van der Waals surface area contributed by atoms with Gasteiger partial charge in [0.05, 0.1) is 0 Å². The first-order valence-electron chi connectivity index (χ1n) is 5.91. The highest BCUT2D eigenvalue weighted by molar-refractivity contribution is 5.66. The molecule has 1 aliphatic rings. The quantitative estimate of drug-likeness (QED) is 0.728. The zero-order chi connectivity index (χ0) is 12.2. The molecular formula is C13H21NO2. The van der Waals surface area contributed by atoms with Crippen molar-refractivity contribution < 1.29 is 9.90 Å². The molecule has 0 atom stereocenters. The standard InChI is InChI=1S/C13H21NO2/c1-4-5-9-13(2,3)14(12(15)16)10-11-7-6-8-11/h1,11H,5-10H2,2-3H3,(H,15,16). The Hall–Kier alpha value is -1.17. The molecule has 0 heterocycles. The zero-order valence-electron chi connectivity index (χ0n) is 10.2. The van der Waals surface area contributed by atoms with Gasteiger partial charge in [0.25, 0.3) is 0 Å². The Morgan fingerprint density at radius 3 is 2.56 bits per heavy atom. The highest BCUT2D eigenvalue weighted by Crippen LogP contribution is 2.30. The molecule has 1 saturated carbocycles. The SMILES string of the molecule is C#CCCC(C)(C)N(CC1CCC1)C(=O)O. The van der Waals surface area contributed by atoms with Gasteiger partial charge in [0, 0.05) is 18.5 Å². The van der Waals surface area contributed by atoms with Crippen LogP contribution >= 0.6 is 0 Å². The summed E-state index contributed by atoms with van der Waals surface area (Å²) in [7, 11) is 0. The Labute approximate surface area is 97.8 Å². The Bertz CT molecular complexity index is 287. The maximum Gasteiger partial charge on any atom is 0.407 e. The van der Waals surface area contributed by atoms with Crippen molar-refractivity contribution >= 4 is 6.09 Å². The molecule has 1 N–H and O–H groups in total. The van der Waals surface area contributed by atoms with Gasteiger partial charge >= 0.3 is 6.09 Å². The van der Waals surface area contributed by atoms with Crippen LogP contribution in [0, 0.1) is 18.3 Å². The van der Waals surface area contributed by atoms with Gasteiger partial charge in [-0.25, -0.2) is 4.79 Å². The van der Waals surface area contributed by atoms with Crippen molar-refractivity contribution in [1.82, 2.24) is 4.90 Å². The third kappa shape index (κ3) is 3.16. The number of carbonyl (C=O) groups is 1. The number of amides is 1. The summed E-state index contributed by atoms with van der Waals surface area (Å²) in [5.74, 6) is 3.14. The number of nitrogens with zero attached hydrogens (tertiary/aromatic N) is 1. The van der Waals surface area contributed by atoms with Crippen LogP contribution in [0.1, 0.15) is 46.0 Å². The molecule has 0 radical (unpaired) electrons. The van der Waals surface area contributed by atoms with Gasteiger partial charge in [-0.3, -0.25) is 0 Å². The van der Waals surface area contributed by atoms with E-state index < -0.39 is 6.09 Å². The van der Waals surface area contributed by atoms with Crippen molar-refractivity contribution in [3.63, 3.8) is 0 Å². The number of hydrogen-bond donors (Lipinski definition) is 1. The molecule has 0 saturated heterocycles. The molecular weight excluding hydrogens is 202 g/mol. The lowest BCUT2D eigenvalue weighted by Crippen LogP contribution is -2.50. The van der Waals surface area contributed by atoms with E-state index in [1.165, 1.54) is 6.42 Å². The Balaban J connectivity index is 2.59. The van der Waals surface area contributed by atoms with Crippen molar-refractivity contribution in [1.29, 1.82) is 0 Å². The normalized spacial score (nSPS) is 16.3. The smallest absolute Gasteiger partial charge is 0.407 e. The van der Waals surface area contributed by atoms with Crippen molar-refractivity contribution in [3.05, 3.63) is 0 Å². The van der Waals surface area contributed by atoms with Crippen molar-refractivity contribution in [2.24, 2.45) is 5.92 Å². The van der Waals surface area contributed by atoms with Gasteiger partial charge in [-0.15, -0.1) is 12.3 Å². The number of rotatable bonds is 5. The lowest BCUT2D eigenvalue weighted by molar-refractivity contribution is 0.0650. The predicted molar refractivity (Wildman–Crippen MR) is 64.2 cm³/mol. The van der Waals surface area contributed by atoms with Crippen LogP contribution in [0.5, 0.6) is 0 Å². The van der Waals surface area contributed by atoms with E-state index in [9.17, 15) is 9.90 Å². The maximum atomic E-state index is 11.3. The minimum atomic E-state index is -0.825. The molecule has 0 aromatic rings. The molecule has 16 heavy (non-hydrogen) atoms. The van der Waals surface area contributed by atoms with Crippen LogP contribution < -0.4 is 0 Å². The van der Waals surface area contributed by atoms with Crippen molar-refractivity contribution in [3.8, 4) is 12.3 Å². The van der Waals surface area contributed by atoms with Gasteiger partial charge in [-0.2, -0.15) is 0 Å². The average molecular weight is 223 g/mol. The topological polar surface area (TPSA) is 40.5 Å². The maximum absolute atomic E-state index is 11.3. The Morgan fingerprint density at radius 2 is 2.19 bits per heavy atom. The van der Waals surface area contributed by atoms with Crippen LogP contribution in [-0.2, 0) is 0 Å². The number of terminal acetylenes is 1. The molecule has 0 spiro atoms. The second kappa shape index (κ2) is 5.25. The van der Waals surface area contributed by atoms with E-state index >= 15 is 0 Å². The number of hydrogen-bond acceptors (Lipinski definition) is 1. The first-order chi connectivity index (χ1) is 7.47. The van der Waals surface area contributed by atoms with Gasteiger partial charge in [0.1, 0.15) is 0 Å². The first kappa shape index (κ1) is 12.9.